The third-order valence-corrected chi connectivity index (χ3v) is 4.12. The Morgan fingerprint density at radius 3 is 2.83 bits per heavy atom. The van der Waals surface area contributed by atoms with E-state index in [2.05, 4.69) is 25.6 Å². The molecule has 0 aliphatic rings. The molecule has 1 unspecified atom stereocenters. The zero-order valence-corrected chi connectivity index (χ0v) is 12.2. The first-order valence-corrected chi connectivity index (χ1v) is 7.50. The highest BCUT2D eigenvalue weighted by Gasteiger charge is 2.20. The maximum Gasteiger partial charge on any atom is 0.242 e. The Kier molecular flexibility index (Phi) is 6.16. The van der Waals surface area contributed by atoms with Crippen LogP contribution in [0.15, 0.2) is 27.8 Å². The van der Waals surface area contributed by atoms with Crippen LogP contribution in [-0.4, -0.2) is 44.9 Å². The number of halogens is 1. The van der Waals surface area contributed by atoms with Crippen LogP contribution in [0, 0.1) is 0 Å². The monoisotopic (exact) mass is 338 g/mol. The van der Waals surface area contributed by atoms with Crippen LogP contribution in [0.4, 0.5) is 0 Å². The van der Waals surface area contributed by atoms with Gasteiger partial charge in [0.1, 0.15) is 4.90 Å². The quantitative estimate of drug-likeness (QED) is 0.756. The Hall–Kier alpha value is -0.540. The summed E-state index contributed by atoms with van der Waals surface area (Å²) >= 11 is 3.16. The second-order valence-corrected chi connectivity index (χ2v) is 6.25. The maximum atomic E-state index is 12.0. The summed E-state index contributed by atoms with van der Waals surface area (Å²) in [6.45, 7) is 0.0779. The predicted octanol–water partition coefficient (Wildman–Crippen LogP) is 0.520. The molecule has 6 nitrogen and oxygen atoms in total. The van der Waals surface area contributed by atoms with E-state index in [0.717, 1.165) is 0 Å². The van der Waals surface area contributed by atoms with Crippen molar-refractivity contribution in [2.75, 3.05) is 20.3 Å². The maximum absolute atomic E-state index is 12.0. The van der Waals surface area contributed by atoms with Crippen LogP contribution in [0.2, 0.25) is 0 Å². The molecule has 0 amide bonds. The highest BCUT2D eigenvalue weighted by atomic mass is 79.9. The van der Waals surface area contributed by atoms with E-state index in [1.807, 2.05) is 0 Å². The highest BCUT2D eigenvalue weighted by Crippen LogP contribution is 2.14. The molecule has 0 bridgehead atoms. The Bertz CT molecular complexity index is 481. The fourth-order valence-corrected chi connectivity index (χ4v) is 3.04. The lowest BCUT2D eigenvalue weighted by molar-refractivity contribution is 0.166. The summed E-state index contributed by atoms with van der Waals surface area (Å²) in [6.07, 6.45) is 3.14. The van der Waals surface area contributed by atoms with Crippen molar-refractivity contribution in [2.45, 2.75) is 17.4 Å². The van der Waals surface area contributed by atoms with Crippen LogP contribution in [0.3, 0.4) is 0 Å². The van der Waals surface area contributed by atoms with Gasteiger partial charge in [-0.25, -0.2) is 13.1 Å². The number of hydrogen-bond donors (Lipinski definition) is 2. The normalized spacial score (nSPS) is 13.5. The molecule has 0 fully saturated rings. The largest absolute Gasteiger partial charge is 0.395 e. The van der Waals surface area contributed by atoms with Crippen molar-refractivity contribution in [3.05, 3.63) is 22.9 Å². The molecule has 0 aliphatic carbocycles. The summed E-state index contributed by atoms with van der Waals surface area (Å²) in [5.74, 6) is 0. The zero-order chi connectivity index (χ0) is 13.6. The van der Waals surface area contributed by atoms with Crippen LogP contribution < -0.4 is 4.72 Å². The van der Waals surface area contributed by atoms with Crippen molar-refractivity contribution in [1.82, 2.24) is 9.71 Å². The number of nitrogens with one attached hydrogen (secondary N) is 1. The average Bonchev–Trinajstić information content (AvgIpc) is 2.34. The minimum Gasteiger partial charge on any atom is -0.395 e. The van der Waals surface area contributed by atoms with Gasteiger partial charge in [-0.2, -0.15) is 0 Å². The fourth-order valence-electron chi connectivity index (χ4n) is 1.27. The molecule has 0 saturated carbocycles. The first kappa shape index (κ1) is 15.5. The number of aliphatic hydroxyl groups is 1. The third kappa shape index (κ3) is 4.62. The summed E-state index contributed by atoms with van der Waals surface area (Å²) in [5, 5.41) is 9.11. The molecule has 1 atom stereocenters. The Morgan fingerprint density at radius 2 is 2.28 bits per heavy atom. The number of hydrogen-bond acceptors (Lipinski definition) is 5. The third-order valence-electron chi connectivity index (χ3n) is 2.20. The van der Waals surface area contributed by atoms with E-state index in [4.69, 9.17) is 9.84 Å². The van der Waals surface area contributed by atoms with Gasteiger partial charge in [0.25, 0.3) is 0 Å². The van der Waals surface area contributed by atoms with Gasteiger partial charge in [-0.3, -0.25) is 4.98 Å². The Morgan fingerprint density at radius 1 is 1.56 bits per heavy atom. The van der Waals surface area contributed by atoms with E-state index in [-0.39, 0.29) is 11.5 Å². The molecule has 0 aliphatic heterocycles. The molecule has 2 N–H and O–H groups in total. The molecule has 0 aromatic carbocycles. The first-order valence-electron chi connectivity index (χ1n) is 5.22. The smallest absolute Gasteiger partial charge is 0.242 e. The summed E-state index contributed by atoms with van der Waals surface area (Å²) in [7, 11) is -2.17. The van der Waals surface area contributed by atoms with Crippen molar-refractivity contribution in [3.63, 3.8) is 0 Å². The lowest BCUT2D eigenvalue weighted by atomic mass is 10.2. The van der Waals surface area contributed by atoms with Crippen LogP contribution >= 0.6 is 15.9 Å². The van der Waals surface area contributed by atoms with Gasteiger partial charge >= 0.3 is 0 Å². The number of rotatable bonds is 7. The second-order valence-electron chi connectivity index (χ2n) is 3.62. The van der Waals surface area contributed by atoms with Crippen molar-refractivity contribution in [2.24, 2.45) is 0 Å². The number of sulfonamides is 1. The molecule has 1 heterocycles. The predicted molar refractivity (Wildman–Crippen MR) is 69.6 cm³/mol. The zero-order valence-electron chi connectivity index (χ0n) is 9.84. The van der Waals surface area contributed by atoms with E-state index in [1.165, 1.54) is 25.6 Å². The van der Waals surface area contributed by atoms with Gasteiger partial charge in [0.2, 0.25) is 10.0 Å². The standard InChI is InChI=1S/C10H15BrN2O4S/c1-17-3-2-9(7-14)13-18(15,16)10-4-8(11)5-12-6-10/h4-6,9,13-14H,2-3,7H2,1H3. The van der Waals surface area contributed by atoms with Crippen LogP contribution in [0.1, 0.15) is 6.42 Å². The molecule has 18 heavy (non-hydrogen) atoms. The van der Waals surface area contributed by atoms with Crippen molar-refractivity contribution in [3.8, 4) is 0 Å². The molecular weight excluding hydrogens is 324 g/mol. The van der Waals surface area contributed by atoms with Gasteiger partial charge in [0.05, 0.1) is 6.61 Å². The van der Waals surface area contributed by atoms with Gasteiger partial charge in [0, 0.05) is 36.6 Å². The van der Waals surface area contributed by atoms with Gasteiger partial charge in [-0.05, 0) is 28.4 Å². The molecule has 1 aromatic rings. The van der Waals surface area contributed by atoms with E-state index < -0.39 is 16.1 Å². The number of pyridine rings is 1. The summed E-state index contributed by atoms with van der Waals surface area (Å²) in [6, 6.07) is 0.869. The summed E-state index contributed by atoms with van der Waals surface area (Å²) in [5.41, 5.74) is 0. The van der Waals surface area contributed by atoms with Gasteiger partial charge in [0.15, 0.2) is 0 Å². The van der Waals surface area contributed by atoms with Crippen molar-refractivity contribution < 1.29 is 18.3 Å². The van der Waals surface area contributed by atoms with Crippen LogP contribution in [0.25, 0.3) is 0 Å². The minimum absolute atomic E-state index is 0.0488. The van der Waals surface area contributed by atoms with Gasteiger partial charge in [-0.15, -0.1) is 0 Å². The lowest BCUT2D eigenvalue weighted by Crippen LogP contribution is -2.38. The summed E-state index contributed by atoms with van der Waals surface area (Å²) in [4.78, 5) is 3.84. The molecule has 0 radical (unpaired) electrons. The number of aliphatic hydroxyl groups excluding tert-OH is 1. The molecule has 0 saturated heterocycles. The van der Waals surface area contributed by atoms with Crippen LogP contribution in [-0.2, 0) is 14.8 Å². The topological polar surface area (TPSA) is 88.5 Å². The molecular formula is C10H15BrN2O4S. The summed E-state index contributed by atoms with van der Waals surface area (Å²) < 4.78 is 31.8. The van der Waals surface area contributed by atoms with Crippen molar-refractivity contribution in [1.29, 1.82) is 0 Å². The second kappa shape index (κ2) is 7.15. The number of ether oxygens (including phenoxy) is 1. The average molecular weight is 339 g/mol. The van der Waals surface area contributed by atoms with E-state index in [1.54, 1.807) is 0 Å². The van der Waals surface area contributed by atoms with E-state index >= 15 is 0 Å². The van der Waals surface area contributed by atoms with Gasteiger partial charge in [-0.1, -0.05) is 0 Å². The van der Waals surface area contributed by atoms with E-state index in [9.17, 15) is 8.42 Å². The fraction of sp³-hybridized carbons (Fsp3) is 0.500. The van der Waals surface area contributed by atoms with E-state index in [0.29, 0.717) is 17.5 Å². The number of aromatic nitrogens is 1. The molecule has 8 heteroatoms. The SMILES string of the molecule is COCCC(CO)NS(=O)(=O)c1cncc(Br)c1. The molecule has 1 rings (SSSR count). The van der Waals surface area contributed by atoms with Crippen molar-refractivity contribution >= 4 is 26.0 Å². The Labute approximate surface area is 115 Å². The van der Waals surface area contributed by atoms with Crippen LogP contribution in [0.5, 0.6) is 0 Å². The minimum atomic E-state index is -3.68. The highest BCUT2D eigenvalue weighted by molar-refractivity contribution is 9.10. The number of nitrogens with zero attached hydrogens (tertiary/aromatic N) is 1. The first-order chi connectivity index (χ1) is 8.49. The molecule has 1 aromatic heterocycles. The molecule has 0 spiro atoms. The van der Waals surface area contributed by atoms with Gasteiger partial charge < -0.3 is 9.84 Å². The number of methoxy groups -OCH3 is 1. The Balaban J connectivity index is 2.80. The lowest BCUT2D eigenvalue weighted by Gasteiger charge is -2.15. The molecule has 102 valence electrons.